The molecule has 0 radical (unpaired) electrons. The van der Waals surface area contributed by atoms with Gasteiger partial charge in [-0.05, 0) is 49.2 Å². The number of ketones is 1. The highest BCUT2D eigenvalue weighted by Gasteiger charge is 2.35. The van der Waals surface area contributed by atoms with E-state index in [2.05, 4.69) is 0 Å². The molecule has 29 heavy (non-hydrogen) atoms. The average Bonchev–Trinajstić information content (AvgIpc) is 3.26. The Labute approximate surface area is 170 Å². The number of methoxy groups -OCH3 is 4. The zero-order chi connectivity index (χ0) is 21.0. The van der Waals surface area contributed by atoms with E-state index in [-0.39, 0.29) is 11.7 Å². The van der Waals surface area contributed by atoms with Crippen molar-refractivity contribution in [1.82, 2.24) is 4.90 Å². The van der Waals surface area contributed by atoms with Gasteiger partial charge < -0.3 is 23.8 Å². The van der Waals surface area contributed by atoms with Crippen molar-refractivity contribution in [2.45, 2.75) is 18.9 Å². The largest absolute Gasteiger partial charge is 0.497 e. The maximum absolute atomic E-state index is 13.2. The van der Waals surface area contributed by atoms with Gasteiger partial charge in [0.05, 0.1) is 34.5 Å². The molecule has 1 unspecified atom stereocenters. The normalized spacial score (nSPS) is 15.7. The fourth-order valence-corrected chi connectivity index (χ4v) is 3.60. The van der Waals surface area contributed by atoms with Gasteiger partial charge in [-0.1, -0.05) is 0 Å². The van der Waals surface area contributed by atoms with Crippen LogP contribution in [-0.2, 0) is 0 Å². The summed E-state index contributed by atoms with van der Waals surface area (Å²) in [5.41, 5.74) is 0.939. The van der Waals surface area contributed by atoms with Crippen LogP contribution in [0, 0.1) is 0 Å². The molecule has 0 aliphatic carbocycles. The molecule has 1 fully saturated rings. The maximum atomic E-state index is 13.2. The van der Waals surface area contributed by atoms with E-state index >= 15 is 0 Å². The lowest BCUT2D eigenvalue weighted by molar-refractivity contribution is 0.0671. The summed E-state index contributed by atoms with van der Waals surface area (Å²) in [7, 11) is 6.08. The van der Waals surface area contributed by atoms with E-state index < -0.39 is 6.04 Å². The highest BCUT2D eigenvalue weighted by Crippen LogP contribution is 2.39. The first-order valence-corrected chi connectivity index (χ1v) is 9.33. The molecule has 1 aliphatic rings. The number of nitrogens with zero attached hydrogens (tertiary/aromatic N) is 1. The molecule has 0 N–H and O–H groups in total. The van der Waals surface area contributed by atoms with Crippen molar-refractivity contribution in [2.24, 2.45) is 0 Å². The Kier molecular flexibility index (Phi) is 6.26. The summed E-state index contributed by atoms with van der Waals surface area (Å²) in [6.45, 7) is 0.516. The van der Waals surface area contributed by atoms with E-state index in [4.69, 9.17) is 18.9 Å². The molecular formula is C22H25NO6. The van der Waals surface area contributed by atoms with Gasteiger partial charge in [0.25, 0.3) is 5.91 Å². The second-order valence-corrected chi connectivity index (χ2v) is 6.66. The summed E-state index contributed by atoms with van der Waals surface area (Å²) in [6.07, 6.45) is 1.39. The minimum Gasteiger partial charge on any atom is -0.497 e. The number of Topliss-reactive ketones (excluding diaryl/α,β-unsaturated/α-hetero) is 1. The van der Waals surface area contributed by atoms with Crippen LogP contribution >= 0.6 is 0 Å². The summed E-state index contributed by atoms with van der Waals surface area (Å²) in [6, 6.07) is 9.65. The van der Waals surface area contributed by atoms with Gasteiger partial charge in [-0.3, -0.25) is 9.59 Å². The molecule has 2 aromatic rings. The van der Waals surface area contributed by atoms with Crippen molar-refractivity contribution >= 4 is 11.7 Å². The molecule has 1 saturated heterocycles. The van der Waals surface area contributed by atoms with Crippen LogP contribution in [0.2, 0.25) is 0 Å². The molecular weight excluding hydrogens is 374 g/mol. The molecule has 154 valence electrons. The molecule has 1 amide bonds. The number of ether oxygens (including phenoxy) is 4. The SMILES string of the molecule is COc1ccc(C(=O)C2CCCN2C(=O)c2cc(OC)c(OC)c(OC)c2)cc1. The van der Waals surface area contributed by atoms with Crippen molar-refractivity contribution in [1.29, 1.82) is 0 Å². The third kappa shape index (κ3) is 3.99. The Balaban J connectivity index is 1.89. The smallest absolute Gasteiger partial charge is 0.254 e. The van der Waals surface area contributed by atoms with E-state index in [0.717, 1.165) is 6.42 Å². The van der Waals surface area contributed by atoms with E-state index in [1.165, 1.54) is 21.3 Å². The number of hydrogen-bond acceptors (Lipinski definition) is 6. The Bertz CT molecular complexity index is 868. The Morgan fingerprint density at radius 2 is 1.48 bits per heavy atom. The van der Waals surface area contributed by atoms with Gasteiger partial charge in [-0.15, -0.1) is 0 Å². The molecule has 3 rings (SSSR count). The van der Waals surface area contributed by atoms with Crippen molar-refractivity contribution in [3.63, 3.8) is 0 Å². The molecule has 0 bridgehead atoms. The number of carbonyl (C=O) groups excluding carboxylic acids is 2. The summed E-state index contributed by atoms with van der Waals surface area (Å²) in [5.74, 6) is 1.57. The first-order valence-electron chi connectivity index (χ1n) is 9.33. The lowest BCUT2D eigenvalue weighted by Gasteiger charge is -2.24. The fraction of sp³-hybridized carbons (Fsp3) is 0.364. The third-order valence-corrected chi connectivity index (χ3v) is 5.10. The number of benzene rings is 2. The lowest BCUT2D eigenvalue weighted by Crippen LogP contribution is -2.40. The van der Waals surface area contributed by atoms with Gasteiger partial charge in [-0.2, -0.15) is 0 Å². The summed E-state index contributed by atoms with van der Waals surface area (Å²) < 4.78 is 21.1. The molecule has 2 aromatic carbocycles. The van der Waals surface area contributed by atoms with Crippen LogP contribution in [0.4, 0.5) is 0 Å². The summed E-state index contributed by atoms with van der Waals surface area (Å²) in [4.78, 5) is 27.9. The number of amides is 1. The molecule has 0 spiro atoms. The molecule has 1 atom stereocenters. The molecule has 1 heterocycles. The standard InChI is InChI=1S/C22H25NO6/c1-26-16-9-7-14(8-10-16)20(24)17-6-5-11-23(17)22(25)15-12-18(27-2)21(29-4)19(13-15)28-3/h7-10,12-13,17H,5-6,11H2,1-4H3. The minimum absolute atomic E-state index is 0.0778. The van der Waals surface area contributed by atoms with Crippen LogP contribution in [0.5, 0.6) is 23.0 Å². The first-order chi connectivity index (χ1) is 14.0. The van der Waals surface area contributed by atoms with Crippen LogP contribution in [0.1, 0.15) is 33.6 Å². The van der Waals surface area contributed by atoms with Crippen LogP contribution in [0.25, 0.3) is 0 Å². The van der Waals surface area contributed by atoms with E-state index in [1.807, 2.05) is 0 Å². The topological polar surface area (TPSA) is 74.3 Å². The number of carbonyl (C=O) groups is 2. The van der Waals surface area contributed by atoms with E-state index in [9.17, 15) is 9.59 Å². The Hall–Kier alpha value is -3.22. The van der Waals surface area contributed by atoms with Crippen molar-refractivity contribution in [2.75, 3.05) is 35.0 Å². The van der Waals surface area contributed by atoms with Gasteiger partial charge in [0.2, 0.25) is 5.75 Å². The predicted molar refractivity (Wildman–Crippen MR) is 107 cm³/mol. The zero-order valence-corrected chi connectivity index (χ0v) is 17.1. The van der Waals surface area contributed by atoms with Crippen LogP contribution in [0.15, 0.2) is 36.4 Å². The molecule has 7 nitrogen and oxygen atoms in total. The lowest BCUT2D eigenvalue weighted by atomic mass is 10.0. The molecule has 0 aromatic heterocycles. The van der Waals surface area contributed by atoms with Gasteiger partial charge in [0.1, 0.15) is 5.75 Å². The number of rotatable bonds is 7. The number of likely N-dealkylation sites (tertiary alicyclic amines) is 1. The summed E-state index contributed by atoms with van der Waals surface area (Å²) >= 11 is 0. The minimum atomic E-state index is -0.505. The summed E-state index contributed by atoms with van der Waals surface area (Å²) in [5, 5.41) is 0. The Morgan fingerprint density at radius 1 is 0.862 bits per heavy atom. The van der Waals surface area contributed by atoms with E-state index in [1.54, 1.807) is 48.4 Å². The van der Waals surface area contributed by atoms with Gasteiger partial charge in [0.15, 0.2) is 17.3 Å². The predicted octanol–water partition coefficient (Wildman–Crippen LogP) is 3.21. The second kappa shape index (κ2) is 8.86. The highest BCUT2D eigenvalue weighted by atomic mass is 16.5. The van der Waals surface area contributed by atoms with Crippen molar-refractivity contribution in [3.05, 3.63) is 47.5 Å². The van der Waals surface area contributed by atoms with E-state index in [0.29, 0.717) is 47.1 Å². The quantitative estimate of drug-likeness (QED) is 0.666. The van der Waals surface area contributed by atoms with Crippen molar-refractivity contribution in [3.8, 4) is 23.0 Å². The Morgan fingerprint density at radius 3 is 2.00 bits per heavy atom. The second-order valence-electron chi connectivity index (χ2n) is 6.66. The van der Waals surface area contributed by atoms with Gasteiger partial charge >= 0.3 is 0 Å². The monoisotopic (exact) mass is 399 g/mol. The fourth-order valence-electron chi connectivity index (χ4n) is 3.60. The van der Waals surface area contributed by atoms with Gasteiger partial charge in [-0.25, -0.2) is 0 Å². The van der Waals surface area contributed by atoms with Crippen molar-refractivity contribution < 1.29 is 28.5 Å². The van der Waals surface area contributed by atoms with Crippen LogP contribution in [0.3, 0.4) is 0 Å². The average molecular weight is 399 g/mol. The molecule has 0 saturated carbocycles. The first kappa shape index (κ1) is 20.5. The maximum Gasteiger partial charge on any atom is 0.254 e. The van der Waals surface area contributed by atoms with Crippen LogP contribution in [-0.4, -0.2) is 57.6 Å². The zero-order valence-electron chi connectivity index (χ0n) is 17.1. The third-order valence-electron chi connectivity index (χ3n) is 5.10. The highest BCUT2D eigenvalue weighted by molar-refractivity contribution is 6.05. The van der Waals surface area contributed by atoms with Crippen LogP contribution < -0.4 is 18.9 Å². The molecule has 7 heteroatoms. The number of hydrogen-bond donors (Lipinski definition) is 0. The molecule has 1 aliphatic heterocycles. The van der Waals surface area contributed by atoms with Gasteiger partial charge in [0, 0.05) is 17.7 Å².